The van der Waals surface area contributed by atoms with Crippen molar-refractivity contribution in [1.82, 2.24) is 25.6 Å². The number of hydrogen-bond acceptors (Lipinski definition) is 7. The Morgan fingerprint density at radius 2 is 2.27 bits per heavy atom. The molecule has 0 bridgehead atoms. The number of amides is 1. The maximum absolute atomic E-state index is 12.8. The molecule has 7 nitrogen and oxygen atoms in total. The fraction of sp³-hybridized carbons (Fsp3) is 0.333. The normalized spacial score (nSPS) is 14.4. The number of nitrogens with zero attached hydrogens (tertiary/aromatic N) is 4. The molecular weight excluding hydrogens is 348 g/mol. The summed E-state index contributed by atoms with van der Waals surface area (Å²) in [4.78, 5) is 28.3. The summed E-state index contributed by atoms with van der Waals surface area (Å²) in [7, 11) is 1.92. The van der Waals surface area contributed by atoms with Gasteiger partial charge in [0.05, 0.1) is 6.20 Å². The number of para-hydroxylation sites is 1. The van der Waals surface area contributed by atoms with Crippen LogP contribution in [0.25, 0.3) is 10.3 Å². The largest absolute Gasteiger partial charge is 0.351 e. The second kappa shape index (κ2) is 7.35. The van der Waals surface area contributed by atoms with Crippen molar-refractivity contribution in [2.75, 3.05) is 25.0 Å². The number of benzene rings is 1. The molecule has 1 aliphatic rings. The van der Waals surface area contributed by atoms with Crippen LogP contribution in [0.1, 0.15) is 21.8 Å². The summed E-state index contributed by atoms with van der Waals surface area (Å²) in [6.45, 7) is 1.72. The van der Waals surface area contributed by atoms with Crippen molar-refractivity contribution in [3.63, 3.8) is 0 Å². The molecule has 2 aromatic heterocycles. The highest BCUT2D eigenvalue weighted by Crippen LogP contribution is 2.29. The molecule has 1 atom stereocenters. The molecule has 1 amide bonds. The Morgan fingerprint density at radius 3 is 3.12 bits per heavy atom. The first kappa shape index (κ1) is 16.9. The monoisotopic (exact) mass is 368 g/mol. The van der Waals surface area contributed by atoms with Crippen LogP contribution >= 0.6 is 11.3 Å². The van der Waals surface area contributed by atoms with Crippen LogP contribution in [-0.4, -0.2) is 47.2 Å². The molecule has 134 valence electrons. The third-order valence-corrected chi connectivity index (χ3v) is 5.51. The van der Waals surface area contributed by atoms with Crippen LogP contribution in [0.3, 0.4) is 0 Å². The smallest absolute Gasteiger partial charge is 0.281 e. The van der Waals surface area contributed by atoms with E-state index in [-0.39, 0.29) is 12.1 Å². The number of thiazole rings is 1. The Balaban J connectivity index is 1.56. The van der Waals surface area contributed by atoms with Gasteiger partial charge in [-0.25, -0.2) is 15.0 Å². The van der Waals surface area contributed by atoms with Gasteiger partial charge in [0.2, 0.25) is 0 Å². The van der Waals surface area contributed by atoms with Gasteiger partial charge in [-0.3, -0.25) is 4.79 Å². The van der Waals surface area contributed by atoms with Gasteiger partial charge in [0.1, 0.15) is 22.8 Å². The van der Waals surface area contributed by atoms with E-state index in [0.29, 0.717) is 10.5 Å². The molecule has 4 rings (SSSR count). The SMILES string of the molecule is CNCCC(NC(=O)c1nc2cncnc2s1)N1CCc2ccccc21. The van der Waals surface area contributed by atoms with Crippen molar-refractivity contribution >= 4 is 33.3 Å². The molecule has 0 saturated heterocycles. The molecule has 0 aliphatic carbocycles. The molecule has 0 saturated carbocycles. The first-order valence-electron chi connectivity index (χ1n) is 8.63. The number of anilines is 1. The van der Waals surface area contributed by atoms with Crippen molar-refractivity contribution in [2.24, 2.45) is 0 Å². The van der Waals surface area contributed by atoms with E-state index in [1.165, 1.54) is 28.9 Å². The predicted octanol–water partition coefficient (Wildman–Crippen LogP) is 1.81. The maximum atomic E-state index is 12.8. The van der Waals surface area contributed by atoms with Crippen molar-refractivity contribution in [2.45, 2.75) is 19.0 Å². The molecule has 3 aromatic rings. The Kier molecular flexibility index (Phi) is 4.77. The van der Waals surface area contributed by atoms with Gasteiger partial charge >= 0.3 is 0 Å². The van der Waals surface area contributed by atoms with Gasteiger partial charge in [0.15, 0.2) is 5.01 Å². The van der Waals surface area contributed by atoms with Crippen LogP contribution in [0.4, 0.5) is 5.69 Å². The van der Waals surface area contributed by atoms with E-state index in [1.54, 1.807) is 6.20 Å². The fourth-order valence-corrected chi connectivity index (χ4v) is 4.06. The minimum Gasteiger partial charge on any atom is -0.351 e. The lowest BCUT2D eigenvalue weighted by atomic mass is 10.2. The molecule has 2 N–H and O–H groups in total. The van der Waals surface area contributed by atoms with Crippen LogP contribution in [0, 0.1) is 0 Å². The highest BCUT2D eigenvalue weighted by Gasteiger charge is 2.27. The van der Waals surface area contributed by atoms with Crippen LogP contribution < -0.4 is 15.5 Å². The summed E-state index contributed by atoms with van der Waals surface area (Å²) in [5.41, 5.74) is 3.18. The highest BCUT2D eigenvalue weighted by atomic mass is 32.1. The second-order valence-corrected chi connectivity index (χ2v) is 7.16. The number of carbonyl (C=O) groups is 1. The summed E-state index contributed by atoms with van der Waals surface area (Å²) in [5.74, 6) is -0.168. The minimum atomic E-state index is -0.168. The number of rotatable bonds is 6. The summed E-state index contributed by atoms with van der Waals surface area (Å²) in [5, 5.41) is 6.75. The lowest BCUT2D eigenvalue weighted by Gasteiger charge is -2.31. The molecule has 0 spiro atoms. The van der Waals surface area contributed by atoms with Crippen molar-refractivity contribution < 1.29 is 4.79 Å². The van der Waals surface area contributed by atoms with E-state index < -0.39 is 0 Å². The van der Waals surface area contributed by atoms with E-state index in [4.69, 9.17) is 0 Å². The number of fused-ring (bicyclic) bond motifs is 2. The summed E-state index contributed by atoms with van der Waals surface area (Å²) in [6.07, 6.45) is 4.82. The Morgan fingerprint density at radius 1 is 1.38 bits per heavy atom. The average Bonchev–Trinajstić information content (AvgIpc) is 3.29. The third kappa shape index (κ3) is 3.25. The number of hydrogen-bond donors (Lipinski definition) is 2. The zero-order valence-corrected chi connectivity index (χ0v) is 15.3. The second-order valence-electron chi connectivity index (χ2n) is 6.19. The molecule has 1 unspecified atom stereocenters. The average molecular weight is 368 g/mol. The quantitative estimate of drug-likeness (QED) is 0.691. The Labute approximate surface area is 155 Å². The van der Waals surface area contributed by atoms with E-state index in [9.17, 15) is 4.79 Å². The topological polar surface area (TPSA) is 83.0 Å². The third-order valence-electron chi connectivity index (χ3n) is 4.53. The first-order chi connectivity index (χ1) is 12.8. The van der Waals surface area contributed by atoms with E-state index in [2.05, 4.69) is 48.7 Å². The van der Waals surface area contributed by atoms with E-state index >= 15 is 0 Å². The van der Waals surface area contributed by atoms with Gasteiger partial charge in [0, 0.05) is 12.2 Å². The number of carbonyl (C=O) groups excluding carboxylic acids is 1. The summed E-state index contributed by atoms with van der Waals surface area (Å²) < 4.78 is 0. The minimum absolute atomic E-state index is 0.0864. The zero-order chi connectivity index (χ0) is 17.9. The van der Waals surface area contributed by atoms with Gasteiger partial charge < -0.3 is 15.5 Å². The molecule has 26 heavy (non-hydrogen) atoms. The summed E-state index contributed by atoms with van der Waals surface area (Å²) >= 11 is 1.29. The molecule has 1 aromatic carbocycles. The van der Waals surface area contributed by atoms with Gasteiger partial charge in [-0.05, 0) is 38.1 Å². The zero-order valence-electron chi connectivity index (χ0n) is 14.5. The lowest BCUT2D eigenvalue weighted by Crippen LogP contribution is -2.49. The predicted molar refractivity (Wildman–Crippen MR) is 102 cm³/mol. The van der Waals surface area contributed by atoms with Crippen LogP contribution in [0.15, 0.2) is 36.8 Å². The molecular formula is C18H20N6OS. The molecule has 0 fully saturated rings. The van der Waals surface area contributed by atoms with Crippen LogP contribution in [0.2, 0.25) is 0 Å². The van der Waals surface area contributed by atoms with Gasteiger partial charge in [-0.2, -0.15) is 0 Å². The maximum Gasteiger partial charge on any atom is 0.281 e. The fourth-order valence-electron chi connectivity index (χ4n) is 3.27. The number of nitrogens with one attached hydrogen (secondary N) is 2. The molecule has 0 radical (unpaired) electrons. The lowest BCUT2D eigenvalue weighted by molar-refractivity contribution is 0.0934. The van der Waals surface area contributed by atoms with Crippen molar-refractivity contribution in [3.05, 3.63) is 47.4 Å². The van der Waals surface area contributed by atoms with Gasteiger partial charge in [-0.1, -0.05) is 29.5 Å². The van der Waals surface area contributed by atoms with Gasteiger partial charge in [-0.15, -0.1) is 0 Å². The van der Waals surface area contributed by atoms with Crippen molar-refractivity contribution in [3.8, 4) is 0 Å². The van der Waals surface area contributed by atoms with Crippen LogP contribution in [0.5, 0.6) is 0 Å². The number of aromatic nitrogens is 3. The van der Waals surface area contributed by atoms with E-state index in [1.807, 2.05) is 13.1 Å². The molecule has 3 heterocycles. The van der Waals surface area contributed by atoms with E-state index in [0.717, 1.165) is 30.8 Å². The Bertz CT molecular complexity index is 894. The Hall–Kier alpha value is -2.58. The highest BCUT2D eigenvalue weighted by molar-refractivity contribution is 7.19. The van der Waals surface area contributed by atoms with Crippen LogP contribution in [-0.2, 0) is 6.42 Å². The first-order valence-corrected chi connectivity index (χ1v) is 9.44. The summed E-state index contributed by atoms with van der Waals surface area (Å²) in [6, 6.07) is 8.37. The molecule has 8 heteroatoms. The van der Waals surface area contributed by atoms with Gasteiger partial charge in [0.25, 0.3) is 5.91 Å². The molecule has 1 aliphatic heterocycles. The standard InChI is InChI=1S/C18H20N6OS/c1-19-8-6-15(24-9-7-12-4-2-3-5-14(12)24)23-16(25)18-22-13-10-20-11-21-17(13)26-18/h2-5,10-11,15,19H,6-9H2,1H3,(H,23,25). The van der Waals surface area contributed by atoms with Crippen molar-refractivity contribution in [1.29, 1.82) is 0 Å².